The molecular formula is C33H40N3O9P. The molecular weight excluding hydrogens is 613 g/mol. The smallest absolute Gasteiger partial charge is 0.459 e. The van der Waals surface area contributed by atoms with Crippen LogP contribution in [0.1, 0.15) is 65.8 Å². The summed E-state index contributed by atoms with van der Waals surface area (Å²) < 4.78 is 47.1. The van der Waals surface area contributed by atoms with Crippen molar-refractivity contribution in [3.05, 3.63) is 97.7 Å². The number of fused-ring (bicyclic) bond motifs is 4. The average molecular weight is 654 g/mol. The first-order chi connectivity index (χ1) is 21.7. The van der Waals surface area contributed by atoms with Gasteiger partial charge in [-0.2, -0.15) is 5.09 Å². The van der Waals surface area contributed by atoms with Crippen LogP contribution in [-0.4, -0.2) is 46.5 Å². The van der Waals surface area contributed by atoms with Crippen LogP contribution in [0.25, 0.3) is 5.57 Å². The summed E-state index contributed by atoms with van der Waals surface area (Å²) in [6, 6.07) is 8.17. The minimum atomic E-state index is -4.33. The highest BCUT2D eigenvalue weighted by atomic mass is 31.2. The number of carbonyl (C=O) groups is 1. The molecule has 1 aromatic carbocycles. The first-order valence-corrected chi connectivity index (χ1v) is 17.1. The molecule has 3 heterocycles. The van der Waals surface area contributed by atoms with E-state index in [1.54, 1.807) is 13.8 Å². The molecule has 2 aromatic rings. The lowest BCUT2D eigenvalue weighted by molar-refractivity contribution is -0.149. The first-order valence-electron chi connectivity index (χ1n) is 15.5. The van der Waals surface area contributed by atoms with Crippen molar-refractivity contribution in [3.63, 3.8) is 0 Å². The van der Waals surface area contributed by atoms with Crippen LogP contribution in [0.2, 0.25) is 0 Å². The molecule has 4 aliphatic rings. The number of allylic oxidation sites excluding steroid dienone is 4. The number of esters is 1. The lowest BCUT2D eigenvalue weighted by Crippen LogP contribution is -2.36. The third-order valence-electron chi connectivity index (χ3n) is 8.94. The van der Waals surface area contributed by atoms with E-state index in [4.69, 9.17) is 23.3 Å². The van der Waals surface area contributed by atoms with Crippen LogP contribution in [0.4, 0.5) is 0 Å². The molecule has 1 aromatic heterocycles. The Morgan fingerprint density at radius 2 is 1.89 bits per heavy atom. The van der Waals surface area contributed by atoms with Crippen molar-refractivity contribution < 1.29 is 32.6 Å². The lowest BCUT2D eigenvalue weighted by atomic mass is 9.81. The zero-order valence-corrected chi connectivity index (χ0v) is 27.8. The summed E-state index contributed by atoms with van der Waals surface area (Å²) in [5.41, 5.74) is 2.08. The second-order valence-electron chi connectivity index (χ2n) is 13.0. The van der Waals surface area contributed by atoms with Gasteiger partial charge in [0, 0.05) is 35.1 Å². The van der Waals surface area contributed by atoms with Gasteiger partial charge in [-0.1, -0.05) is 64.1 Å². The number of nitrogens with zero attached hydrogens (tertiary/aromatic N) is 1. The normalized spacial score (nSPS) is 30.5. The van der Waals surface area contributed by atoms with Crippen molar-refractivity contribution >= 4 is 19.3 Å². The molecule has 1 fully saturated rings. The Balaban J connectivity index is 1.49. The summed E-state index contributed by atoms with van der Waals surface area (Å²) in [7, 11) is -4.33. The van der Waals surface area contributed by atoms with Gasteiger partial charge in [0.15, 0.2) is 5.76 Å². The highest BCUT2D eigenvalue weighted by molar-refractivity contribution is 7.51. The number of benzene rings is 1. The Morgan fingerprint density at radius 3 is 2.61 bits per heavy atom. The highest BCUT2D eigenvalue weighted by Crippen LogP contribution is 2.58. The Labute approximate surface area is 267 Å². The van der Waals surface area contributed by atoms with E-state index < -0.39 is 60.8 Å². The van der Waals surface area contributed by atoms with E-state index in [1.165, 1.54) is 23.8 Å². The maximum atomic E-state index is 14.8. The maximum Gasteiger partial charge on any atom is 0.459 e. The molecule has 2 N–H and O–H groups in total. The van der Waals surface area contributed by atoms with E-state index in [0.717, 1.165) is 22.3 Å². The molecule has 0 amide bonds. The van der Waals surface area contributed by atoms with E-state index in [-0.39, 0.29) is 24.4 Å². The van der Waals surface area contributed by atoms with Crippen LogP contribution in [0.3, 0.4) is 0 Å². The van der Waals surface area contributed by atoms with E-state index in [2.05, 4.69) is 36.1 Å². The Hall–Kier alpha value is -3.70. The van der Waals surface area contributed by atoms with Crippen LogP contribution in [0.15, 0.2) is 75.4 Å². The molecule has 46 heavy (non-hydrogen) atoms. The fourth-order valence-electron chi connectivity index (χ4n) is 6.59. The number of carbonyl (C=O) groups excluding carboxylic acids is 1. The number of aromatic amines is 1. The Kier molecular flexibility index (Phi) is 8.29. The van der Waals surface area contributed by atoms with Crippen molar-refractivity contribution in [3.8, 4) is 0 Å². The van der Waals surface area contributed by atoms with E-state index >= 15 is 0 Å². The Morgan fingerprint density at radius 1 is 1.15 bits per heavy atom. The number of hydrogen-bond donors (Lipinski definition) is 2. The number of hydrogen-bond acceptors (Lipinski definition) is 9. The quantitative estimate of drug-likeness (QED) is 0.344. The third kappa shape index (κ3) is 5.61. The summed E-state index contributed by atoms with van der Waals surface area (Å²) in [4.78, 5) is 39.7. The second kappa shape index (κ2) is 11.8. The van der Waals surface area contributed by atoms with Gasteiger partial charge in [-0.05, 0) is 37.5 Å². The van der Waals surface area contributed by atoms with Crippen molar-refractivity contribution in [2.24, 2.45) is 11.8 Å². The minimum absolute atomic E-state index is 0.239. The van der Waals surface area contributed by atoms with E-state index in [9.17, 15) is 18.9 Å². The molecule has 0 radical (unpaired) electrons. The minimum Gasteiger partial charge on any atom is -0.487 e. The predicted molar refractivity (Wildman–Crippen MR) is 169 cm³/mol. The van der Waals surface area contributed by atoms with Gasteiger partial charge in [0.1, 0.15) is 30.2 Å². The fourth-order valence-corrected chi connectivity index (χ4v) is 8.12. The molecule has 7 atom stereocenters. The maximum absolute atomic E-state index is 14.8. The zero-order valence-electron chi connectivity index (χ0n) is 26.9. The van der Waals surface area contributed by atoms with Crippen molar-refractivity contribution in [1.82, 2.24) is 14.6 Å². The van der Waals surface area contributed by atoms with Gasteiger partial charge in [0.2, 0.25) is 0 Å². The number of H-pyrrole nitrogens is 1. The summed E-state index contributed by atoms with van der Waals surface area (Å²) in [5, 5.41) is 2.79. The molecule has 2 aliphatic heterocycles. The van der Waals surface area contributed by atoms with E-state index in [0.29, 0.717) is 5.76 Å². The SMILES string of the molecule is CC(C)OC(=O)C(C)NP1(=O)OCC2OC(n3ccc(=O)[nH]c3=O)C(C)C2OC2=C(O1)C1=C(C=CC2C)C(C)(C)c2ccccc21. The van der Waals surface area contributed by atoms with Gasteiger partial charge in [0.25, 0.3) is 5.56 Å². The lowest BCUT2D eigenvalue weighted by Gasteiger charge is -2.27. The summed E-state index contributed by atoms with van der Waals surface area (Å²) in [6.45, 7) is 12.8. The molecule has 246 valence electrons. The average Bonchev–Trinajstić information content (AvgIpc) is 3.37. The van der Waals surface area contributed by atoms with Crippen LogP contribution >= 0.6 is 7.75 Å². The fraction of sp³-hybridized carbons (Fsp3) is 0.485. The summed E-state index contributed by atoms with van der Waals surface area (Å²) >= 11 is 0. The summed E-state index contributed by atoms with van der Waals surface area (Å²) in [6.07, 6.45) is 2.77. The molecule has 0 saturated carbocycles. The molecule has 7 unspecified atom stereocenters. The highest BCUT2D eigenvalue weighted by Gasteiger charge is 2.50. The van der Waals surface area contributed by atoms with Crippen molar-refractivity contribution in [2.75, 3.05) is 6.61 Å². The number of ether oxygens (including phenoxy) is 3. The van der Waals surface area contributed by atoms with Gasteiger partial charge in [-0.3, -0.25) is 23.7 Å². The second-order valence-corrected chi connectivity index (χ2v) is 14.7. The molecule has 0 bridgehead atoms. The number of aromatic nitrogens is 2. The Bertz CT molecular complexity index is 1820. The summed E-state index contributed by atoms with van der Waals surface area (Å²) in [5.74, 6) is -0.716. The van der Waals surface area contributed by atoms with E-state index in [1.807, 2.05) is 38.1 Å². The van der Waals surface area contributed by atoms with Crippen LogP contribution in [0.5, 0.6) is 0 Å². The van der Waals surface area contributed by atoms with Crippen LogP contribution in [0, 0.1) is 11.8 Å². The van der Waals surface area contributed by atoms with Crippen molar-refractivity contribution in [1.29, 1.82) is 0 Å². The standard InChI is InChI=1S/C33H40N3O9P/c1-17(2)42-31(38)20(5)35-46(40)41-16-24-28(19(4)30(43-24)36-15-14-25(37)34-32(36)39)44-27-18(3)12-13-23-26(29(27)45-46)21-10-8-9-11-22(21)33(23,6)7/h8-15,17-20,24,28,30H,16H2,1-7H3,(H,35,40)(H,34,37,39). The van der Waals surface area contributed by atoms with Crippen LogP contribution in [-0.2, 0) is 38.0 Å². The number of rotatable bonds is 5. The molecule has 2 aliphatic carbocycles. The first kappa shape index (κ1) is 32.2. The van der Waals surface area contributed by atoms with Crippen LogP contribution < -0.4 is 16.3 Å². The molecule has 6 rings (SSSR count). The van der Waals surface area contributed by atoms with Gasteiger partial charge < -0.3 is 18.7 Å². The molecule has 1 saturated heterocycles. The number of nitrogens with one attached hydrogen (secondary N) is 2. The van der Waals surface area contributed by atoms with Gasteiger partial charge in [-0.15, -0.1) is 0 Å². The predicted octanol–water partition coefficient (Wildman–Crippen LogP) is 4.70. The third-order valence-corrected chi connectivity index (χ3v) is 10.6. The van der Waals surface area contributed by atoms with Crippen molar-refractivity contribution in [2.45, 2.75) is 84.5 Å². The van der Waals surface area contributed by atoms with Gasteiger partial charge in [0.05, 0.1) is 12.7 Å². The zero-order chi connectivity index (χ0) is 33.1. The topological polar surface area (TPSA) is 147 Å². The molecule has 12 nitrogen and oxygen atoms in total. The molecule has 0 spiro atoms. The monoisotopic (exact) mass is 653 g/mol. The molecule has 13 heteroatoms. The van der Waals surface area contributed by atoms with Gasteiger partial charge >= 0.3 is 19.4 Å². The largest absolute Gasteiger partial charge is 0.487 e. The van der Waals surface area contributed by atoms with Gasteiger partial charge in [-0.25, -0.2) is 9.36 Å².